The Labute approximate surface area is 83.7 Å². The predicted molar refractivity (Wildman–Crippen MR) is 36.5 cm³/mol. The van der Waals surface area contributed by atoms with E-state index in [1.54, 1.807) is 0 Å². The van der Waals surface area contributed by atoms with Crippen molar-refractivity contribution in [2.24, 2.45) is 11.8 Å². The molecule has 1 aliphatic rings. The number of hydrogen-bond donors (Lipinski definition) is 0. The third-order valence-corrected chi connectivity index (χ3v) is 2.00. The molecule has 0 heterocycles. The molecule has 51 valence electrons. The van der Waals surface area contributed by atoms with Gasteiger partial charge in [-0.05, 0) is 5.92 Å². The van der Waals surface area contributed by atoms with E-state index < -0.39 is 0 Å². The third-order valence-electron chi connectivity index (χ3n) is 2.00. The first kappa shape index (κ1) is 10.1. The van der Waals surface area contributed by atoms with Crippen LogP contribution < -0.4 is 0 Å². The summed E-state index contributed by atoms with van der Waals surface area (Å²) >= 11 is 0. The topological polar surface area (TPSA) is 0 Å². The summed E-state index contributed by atoms with van der Waals surface area (Å²) in [6.07, 6.45) is 6.63. The first-order valence-electron chi connectivity index (χ1n) is 3.62. The molecule has 1 heteroatoms. The van der Waals surface area contributed by atoms with Crippen molar-refractivity contribution in [3.05, 3.63) is 6.42 Å². The van der Waals surface area contributed by atoms with Crippen molar-refractivity contribution < 1.29 is 32.7 Å². The van der Waals surface area contributed by atoms with Crippen molar-refractivity contribution in [2.75, 3.05) is 0 Å². The molecule has 1 radical (unpaired) electrons. The van der Waals surface area contributed by atoms with Crippen LogP contribution in [0.5, 0.6) is 0 Å². The molecule has 2 atom stereocenters. The largest absolute Gasteiger partial charge is 0.326 e. The maximum absolute atomic E-state index is 2.44. The molecule has 0 nitrogen and oxygen atoms in total. The molecule has 0 aromatic heterocycles. The van der Waals surface area contributed by atoms with Gasteiger partial charge >= 0.3 is 0 Å². The van der Waals surface area contributed by atoms with E-state index in [1.165, 1.54) is 19.3 Å². The second-order valence-electron chi connectivity index (χ2n) is 3.13. The number of rotatable bonds is 0. The van der Waals surface area contributed by atoms with Gasteiger partial charge in [-0.3, -0.25) is 0 Å². The molecular weight excluding hydrogens is 185 g/mol. The Bertz CT molecular complexity index is 63.0. The molecule has 2 unspecified atom stereocenters. The minimum absolute atomic E-state index is 0. The summed E-state index contributed by atoms with van der Waals surface area (Å²) in [5.41, 5.74) is 0. The van der Waals surface area contributed by atoms with E-state index >= 15 is 0 Å². The monoisotopic (exact) mass is 200 g/mol. The van der Waals surface area contributed by atoms with E-state index in [0.29, 0.717) is 0 Å². The maximum atomic E-state index is 2.44. The fourth-order valence-electron chi connectivity index (χ4n) is 1.51. The molecule has 1 rings (SSSR count). The summed E-state index contributed by atoms with van der Waals surface area (Å²) < 4.78 is 0. The molecule has 0 aliphatic heterocycles. The van der Waals surface area contributed by atoms with Crippen LogP contribution >= 0.6 is 0 Å². The van der Waals surface area contributed by atoms with Crippen LogP contribution in [0.2, 0.25) is 0 Å². The van der Waals surface area contributed by atoms with Gasteiger partial charge in [-0.2, -0.15) is 12.3 Å². The first-order chi connectivity index (χ1) is 3.79. The second kappa shape index (κ2) is 4.85. The molecule has 0 N–H and O–H groups in total. The summed E-state index contributed by atoms with van der Waals surface area (Å²) in [6.45, 7) is 4.67. The molecule has 1 saturated carbocycles. The van der Waals surface area contributed by atoms with Crippen LogP contribution in [0, 0.1) is 18.3 Å². The second-order valence-corrected chi connectivity index (χ2v) is 3.13. The Hall–Kier alpha value is 1.10. The molecular formula is C8H15Y-. The van der Waals surface area contributed by atoms with Crippen molar-refractivity contribution in [3.63, 3.8) is 0 Å². The summed E-state index contributed by atoms with van der Waals surface area (Å²) in [4.78, 5) is 0. The Morgan fingerprint density at radius 1 is 1.33 bits per heavy atom. The zero-order valence-electron chi connectivity index (χ0n) is 6.43. The normalized spacial score (nSPS) is 35.3. The van der Waals surface area contributed by atoms with Gasteiger partial charge in [0.05, 0.1) is 0 Å². The van der Waals surface area contributed by atoms with Crippen LogP contribution in [0.15, 0.2) is 0 Å². The minimum atomic E-state index is 0. The number of hydrogen-bond acceptors (Lipinski definition) is 0. The van der Waals surface area contributed by atoms with E-state index in [2.05, 4.69) is 20.3 Å². The van der Waals surface area contributed by atoms with Crippen molar-refractivity contribution >= 4 is 0 Å². The Kier molecular flexibility index (Phi) is 5.44. The molecule has 1 fully saturated rings. The van der Waals surface area contributed by atoms with Gasteiger partial charge in [-0.15, -0.1) is 0 Å². The zero-order valence-corrected chi connectivity index (χ0v) is 9.27. The molecule has 0 bridgehead atoms. The molecule has 0 amide bonds. The molecule has 0 aromatic rings. The van der Waals surface area contributed by atoms with Crippen LogP contribution in [0.3, 0.4) is 0 Å². The van der Waals surface area contributed by atoms with Crippen molar-refractivity contribution in [1.82, 2.24) is 0 Å². The fraction of sp³-hybridized carbons (Fsp3) is 0.875. The van der Waals surface area contributed by atoms with Gasteiger partial charge < -0.3 is 6.42 Å². The van der Waals surface area contributed by atoms with Gasteiger partial charge in [0.1, 0.15) is 0 Å². The van der Waals surface area contributed by atoms with Gasteiger partial charge in [-0.25, -0.2) is 0 Å². The van der Waals surface area contributed by atoms with Crippen LogP contribution in [0.1, 0.15) is 33.1 Å². The molecule has 0 aromatic carbocycles. The van der Waals surface area contributed by atoms with E-state index in [4.69, 9.17) is 0 Å². The molecule has 0 saturated heterocycles. The van der Waals surface area contributed by atoms with Crippen LogP contribution in [-0.4, -0.2) is 0 Å². The predicted octanol–water partition coefficient (Wildman–Crippen LogP) is 2.64. The van der Waals surface area contributed by atoms with Crippen LogP contribution in [0.25, 0.3) is 0 Å². The van der Waals surface area contributed by atoms with Gasteiger partial charge in [-0.1, -0.05) is 26.7 Å². The molecule has 0 spiro atoms. The molecule has 1 aliphatic carbocycles. The Morgan fingerprint density at radius 3 is 2.33 bits per heavy atom. The quantitative estimate of drug-likeness (QED) is 0.527. The first-order valence-corrected chi connectivity index (χ1v) is 3.62. The van der Waals surface area contributed by atoms with Crippen molar-refractivity contribution in [2.45, 2.75) is 33.1 Å². The smallest absolute Gasteiger partial charge is 0 e. The third kappa shape index (κ3) is 3.73. The van der Waals surface area contributed by atoms with E-state index in [1.807, 2.05) is 0 Å². The minimum Gasteiger partial charge on any atom is -0.326 e. The van der Waals surface area contributed by atoms with E-state index in [9.17, 15) is 0 Å². The fourth-order valence-corrected chi connectivity index (χ4v) is 1.51. The Morgan fingerprint density at radius 2 is 2.00 bits per heavy atom. The SMILES string of the molecule is CC1[CH-]CCC(C)C1.[Y]. The zero-order chi connectivity index (χ0) is 5.98. The van der Waals surface area contributed by atoms with Crippen molar-refractivity contribution in [3.8, 4) is 0 Å². The van der Waals surface area contributed by atoms with Gasteiger partial charge in [0.15, 0.2) is 0 Å². The summed E-state index contributed by atoms with van der Waals surface area (Å²) in [6, 6.07) is 0. The van der Waals surface area contributed by atoms with Crippen LogP contribution in [0.4, 0.5) is 0 Å². The van der Waals surface area contributed by atoms with E-state index in [-0.39, 0.29) is 32.7 Å². The average Bonchev–Trinajstić information content (AvgIpc) is 1.64. The average molecular weight is 200 g/mol. The maximum Gasteiger partial charge on any atom is 0 e. The summed E-state index contributed by atoms with van der Waals surface area (Å²) in [7, 11) is 0. The van der Waals surface area contributed by atoms with Crippen molar-refractivity contribution in [1.29, 1.82) is 0 Å². The van der Waals surface area contributed by atoms with Crippen LogP contribution in [-0.2, 0) is 32.7 Å². The summed E-state index contributed by atoms with van der Waals surface area (Å²) in [5, 5.41) is 0. The standard InChI is InChI=1S/C8H15.Y/c1-7-4-3-5-8(2)6-7;/h4,7-8H,3,5-6H2,1-2H3;/q-1;. The Balaban J connectivity index is 0.000000640. The molecule has 9 heavy (non-hydrogen) atoms. The van der Waals surface area contributed by atoms with E-state index in [0.717, 1.165) is 11.8 Å². The van der Waals surface area contributed by atoms with Gasteiger partial charge in [0.25, 0.3) is 0 Å². The van der Waals surface area contributed by atoms with Gasteiger partial charge in [0, 0.05) is 32.7 Å². The van der Waals surface area contributed by atoms with Gasteiger partial charge in [0.2, 0.25) is 0 Å². The summed E-state index contributed by atoms with van der Waals surface area (Å²) in [5.74, 6) is 1.87.